The van der Waals surface area contributed by atoms with Gasteiger partial charge in [0.15, 0.2) is 0 Å². The average Bonchev–Trinajstić information content (AvgIpc) is 2.99. The second-order valence-electron chi connectivity index (χ2n) is 4.57. The molecule has 0 saturated carbocycles. The molecule has 0 fully saturated rings. The van der Waals surface area contributed by atoms with Crippen LogP contribution in [-0.4, -0.2) is 19.6 Å². The van der Waals surface area contributed by atoms with Gasteiger partial charge >= 0.3 is 0 Å². The van der Waals surface area contributed by atoms with E-state index in [2.05, 4.69) is 5.32 Å². The van der Waals surface area contributed by atoms with Crippen LogP contribution < -0.4 is 5.32 Å². The van der Waals surface area contributed by atoms with Crippen molar-refractivity contribution in [1.29, 1.82) is 0 Å². The molecule has 5 heteroatoms. The Hall–Kier alpha value is -1.72. The molecule has 1 heterocycles. The van der Waals surface area contributed by atoms with Crippen LogP contribution >= 0.6 is 11.3 Å². The third kappa shape index (κ3) is 3.05. The maximum absolute atomic E-state index is 13.9. The number of amides is 1. The van der Waals surface area contributed by atoms with Gasteiger partial charge in [0, 0.05) is 12.7 Å². The second kappa shape index (κ2) is 6.15. The summed E-state index contributed by atoms with van der Waals surface area (Å²) in [6.45, 7) is 1.95. The third-order valence-corrected chi connectivity index (χ3v) is 4.09. The summed E-state index contributed by atoms with van der Waals surface area (Å²) in [6.07, 6.45) is 0. The first-order valence-electron chi connectivity index (χ1n) is 6.19. The molecule has 0 aliphatic carbocycles. The molecule has 1 unspecified atom stereocenters. The molecule has 1 aromatic heterocycles. The Morgan fingerprint density at radius 1 is 1.35 bits per heavy atom. The maximum Gasteiger partial charge on any atom is 0.261 e. The topological polar surface area (TPSA) is 38.3 Å². The predicted molar refractivity (Wildman–Crippen MR) is 77.4 cm³/mol. The molecule has 1 aromatic carbocycles. The van der Waals surface area contributed by atoms with Gasteiger partial charge in [0.1, 0.15) is 11.4 Å². The van der Waals surface area contributed by atoms with E-state index in [0.29, 0.717) is 10.4 Å². The normalized spacial score (nSPS) is 13.8. The molecular formula is C15H16FNO2S. The fourth-order valence-electron chi connectivity index (χ4n) is 1.91. The molecule has 0 saturated heterocycles. The van der Waals surface area contributed by atoms with E-state index in [4.69, 9.17) is 4.74 Å². The van der Waals surface area contributed by atoms with E-state index in [-0.39, 0.29) is 18.3 Å². The first kappa shape index (κ1) is 14.7. The Balaban J connectivity index is 2.12. The van der Waals surface area contributed by atoms with Crippen LogP contribution in [0.1, 0.15) is 22.2 Å². The second-order valence-corrected chi connectivity index (χ2v) is 5.52. The molecule has 0 aliphatic rings. The fraction of sp³-hybridized carbons (Fsp3) is 0.267. The fourth-order valence-corrected chi connectivity index (χ4v) is 2.55. The summed E-state index contributed by atoms with van der Waals surface area (Å²) in [7, 11) is 1.50. The number of ether oxygens (including phenoxy) is 1. The van der Waals surface area contributed by atoms with Crippen LogP contribution in [0.5, 0.6) is 0 Å². The van der Waals surface area contributed by atoms with Crippen molar-refractivity contribution in [2.45, 2.75) is 12.5 Å². The van der Waals surface area contributed by atoms with Crippen molar-refractivity contribution < 1.29 is 13.9 Å². The lowest BCUT2D eigenvalue weighted by molar-refractivity contribution is 0.000423. The van der Waals surface area contributed by atoms with Crippen molar-refractivity contribution in [2.75, 3.05) is 13.7 Å². The van der Waals surface area contributed by atoms with Gasteiger partial charge in [-0.1, -0.05) is 24.3 Å². The monoisotopic (exact) mass is 293 g/mol. The molecule has 0 bridgehead atoms. The van der Waals surface area contributed by atoms with Crippen molar-refractivity contribution in [3.8, 4) is 0 Å². The van der Waals surface area contributed by atoms with Crippen LogP contribution in [-0.2, 0) is 10.3 Å². The Labute approximate surface area is 121 Å². The van der Waals surface area contributed by atoms with Crippen molar-refractivity contribution in [3.05, 3.63) is 58.0 Å². The number of hydrogen-bond acceptors (Lipinski definition) is 3. The van der Waals surface area contributed by atoms with Gasteiger partial charge in [0.05, 0.1) is 11.4 Å². The van der Waals surface area contributed by atoms with Gasteiger partial charge in [-0.25, -0.2) is 4.39 Å². The van der Waals surface area contributed by atoms with Gasteiger partial charge in [-0.05, 0) is 24.4 Å². The average molecular weight is 293 g/mol. The number of carbonyl (C=O) groups is 1. The standard InChI is InChI=1S/C15H16FNO2S/c1-15(19-2,11-6-3-4-7-12(11)16)10-17-14(18)13-8-5-9-20-13/h3-9H,10H2,1-2H3,(H,17,18). The largest absolute Gasteiger partial charge is 0.372 e. The Kier molecular flexibility index (Phi) is 4.52. The van der Waals surface area contributed by atoms with Gasteiger partial charge < -0.3 is 10.1 Å². The molecule has 3 nitrogen and oxygen atoms in total. The summed E-state index contributed by atoms with van der Waals surface area (Å²) in [5, 5.41) is 4.62. The molecule has 1 atom stereocenters. The van der Waals surface area contributed by atoms with E-state index in [9.17, 15) is 9.18 Å². The van der Waals surface area contributed by atoms with Gasteiger partial charge in [0.25, 0.3) is 5.91 Å². The maximum atomic E-state index is 13.9. The number of methoxy groups -OCH3 is 1. The van der Waals surface area contributed by atoms with Crippen molar-refractivity contribution in [3.63, 3.8) is 0 Å². The highest BCUT2D eigenvalue weighted by molar-refractivity contribution is 7.12. The highest BCUT2D eigenvalue weighted by atomic mass is 32.1. The van der Waals surface area contributed by atoms with Gasteiger partial charge in [0.2, 0.25) is 0 Å². The lowest BCUT2D eigenvalue weighted by atomic mass is 9.95. The first-order valence-corrected chi connectivity index (χ1v) is 7.06. The van der Waals surface area contributed by atoms with E-state index >= 15 is 0 Å². The molecule has 2 rings (SSSR count). The molecule has 106 valence electrons. The Bertz CT molecular complexity index is 585. The number of nitrogens with one attached hydrogen (secondary N) is 1. The predicted octanol–water partition coefficient (Wildman–Crippen LogP) is 3.18. The van der Waals surface area contributed by atoms with Crippen LogP contribution in [0.15, 0.2) is 41.8 Å². The number of carbonyl (C=O) groups excluding carboxylic acids is 1. The van der Waals surface area contributed by atoms with Gasteiger partial charge in [-0.15, -0.1) is 11.3 Å². The molecule has 2 aromatic rings. The first-order chi connectivity index (χ1) is 9.57. The number of halogens is 1. The van der Waals surface area contributed by atoms with E-state index in [1.165, 1.54) is 24.5 Å². The number of thiophene rings is 1. The van der Waals surface area contributed by atoms with E-state index < -0.39 is 5.60 Å². The van der Waals surface area contributed by atoms with Gasteiger partial charge in [-0.3, -0.25) is 4.79 Å². The van der Waals surface area contributed by atoms with Crippen molar-refractivity contribution in [2.24, 2.45) is 0 Å². The molecule has 20 heavy (non-hydrogen) atoms. The van der Waals surface area contributed by atoms with Crippen LogP contribution in [0.3, 0.4) is 0 Å². The third-order valence-electron chi connectivity index (χ3n) is 3.23. The molecular weight excluding hydrogens is 277 g/mol. The van der Waals surface area contributed by atoms with Crippen LogP contribution in [0.25, 0.3) is 0 Å². The molecule has 1 N–H and O–H groups in total. The van der Waals surface area contributed by atoms with Crippen LogP contribution in [0.4, 0.5) is 4.39 Å². The molecule has 0 aliphatic heterocycles. The molecule has 1 amide bonds. The molecule has 0 radical (unpaired) electrons. The van der Waals surface area contributed by atoms with Crippen molar-refractivity contribution >= 4 is 17.2 Å². The zero-order chi connectivity index (χ0) is 14.6. The summed E-state index contributed by atoms with van der Waals surface area (Å²) in [6, 6.07) is 9.97. The van der Waals surface area contributed by atoms with Crippen LogP contribution in [0, 0.1) is 5.82 Å². The minimum Gasteiger partial charge on any atom is -0.372 e. The van der Waals surface area contributed by atoms with E-state index in [1.54, 1.807) is 31.2 Å². The lowest BCUT2D eigenvalue weighted by Crippen LogP contribution is -2.40. The summed E-state index contributed by atoms with van der Waals surface area (Å²) < 4.78 is 19.3. The zero-order valence-electron chi connectivity index (χ0n) is 11.4. The number of hydrogen-bond donors (Lipinski definition) is 1. The smallest absolute Gasteiger partial charge is 0.261 e. The minimum absolute atomic E-state index is 0.181. The highest BCUT2D eigenvalue weighted by Gasteiger charge is 2.29. The van der Waals surface area contributed by atoms with E-state index in [1.807, 2.05) is 11.4 Å². The van der Waals surface area contributed by atoms with Gasteiger partial charge in [-0.2, -0.15) is 0 Å². The summed E-state index contributed by atoms with van der Waals surface area (Å²) >= 11 is 1.36. The lowest BCUT2D eigenvalue weighted by Gasteiger charge is -2.29. The number of rotatable bonds is 5. The summed E-state index contributed by atoms with van der Waals surface area (Å²) in [5.74, 6) is -0.526. The zero-order valence-corrected chi connectivity index (χ0v) is 12.2. The van der Waals surface area contributed by atoms with E-state index in [0.717, 1.165) is 0 Å². The minimum atomic E-state index is -0.905. The quantitative estimate of drug-likeness (QED) is 0.919. The SMILES string of the molecule is COC(C)(CNC(=O)c1cccs1)c1ccccc1F. The highest BCUT2D eigenvalue weighted by Crippen LogP contribution is 2.26. The van der Waals surface area contributed by atoms with Crippen molar-refractivity contribution in [1.82, 2.24) is 5.32 Å². The number of benzene rings is 1. The Morgan fingerprint density at radius 3 is 2.70 bits per heavy atom. The molecule has 0 spiro atoms. The summed E-state index contributed by atoms with van der Waals surface area (Å²) in [4.78, 5) is 12.6. The Morgan fingerprint density at radius 2 is 2.10 bits per heavy atom. The summed E-state index contributed by atoms with van der Waals surface area (Å²) in [5.41, 5.74) is -0.480. The van der Waals surface area contributed by atoms with Crippen LogP contribution in [0.2, 0.25) is 0 Å².